The van der Waals surface area contributed by atoms with Crippen molar-refractivity contribution in [3.8, 4) is 0 Å². The molecule has 0 amide bonds. The van der Waals surface area contributed by atoms with Crippen LogP contribution in [-0.4, -0.2) is 43.1 Å². The Hall–Kier alpha value is -0.170. The van der Waals surface area contributed by atoms with E-state index >= 15 is 0 Å². The second-order valence-corrected chi connectivity index (χ2v) is 6.77. The fourth-order valence-corrected chi connectivity index (χ4v) is 3.04. The van der Waals surface area contributed by atoms with Crippen molar-refractivity contribution in [2.24, 2.45) is 0 Å². The van der Waals surface area contributed by atoms with Gasteiger partial charge in [-0.1, -0.05) is 45.4 Å². The van der Waals surface area contributed by atoms with Crippen molar-refractivity contribution in [2.75, 3.05) is 19.8 Å². The largest absolute Gasteiger partial charge is 0.748 e. The first-order valence-electron chi connectivity index (χ1n) is 7.65. The van der Waals surface area contributed by atoms with E-state index in [0.29, 0.717) is 26.1 Å². The maximum Gasteiger partial charge on any atom is 0.0975 e. The summed E-state index contributed by atoms with van der Waals surface area (Å²) in [5.41, 5.74) is 0. The minimum Gasteiger partial charge on any atom is -0.748 e. The van der Waals surface area contributed by atoms with Gasteiger partial charge in [-0.2, -0.15) is 0 Å². The minimum absolute atomic E-state index is 0.0812. The molecule has 0 aromatic carbocycles. The van der Waals surface area contributed by atoms with Crippen LogP contribution in [0.3, 0.4) is 0 Å². The third kappa shape index (κ3) is 11.6. The highest BCUT2D eigenvalue weighted by Gasteiger charge is 2.12. The predicted octanol–water partition coefficient (Wildman–Crippen LogP) is 2.44. The summed E-state index contributed by atoms with van der Waals surface area (Å²) in [5.74, 6) is 0. The highest BCUT2D eigenvalue weighted by molar-refractivity contribution is 7.86. The number of aliphatic hydroxyl groups excluding tert-OH is 1. The monoisotopic (exact) mass is 309 g/mol. The molecule has 0 aliphatic rings. The fourth-order valence-electron chi connectivity index (χ4n) is 2.18. The van der Waals surface area contributed by atoms with E-state index in [1.165, 1.54) is 0 Å². The lowest BCUT2D eigenvalue weighted by Crippen LogP contribution is -2.19. The number of aliphatic hydroxyl groups is 1. The summed E-state index contributed by atoms with van der Waals surface area (Å²) in [5, 5.41) is 7.81. The van der Waals surface area contributed by atoms with E-state index in [0.717, 1.165) is 44.9 Å². The van der Waals surface area contributed by atoms with Gasteiger partial charge in [-0.3, -0.25) is 0 Å². The number of ether oxygens (including phenoxy) is 1. The van der Waals surface area contributed by atoms with Gasteiger partial charge in [0.2, 0.25) is 0 Å². The van der Waals surface area contributed by atoms with E-state index in [2.05, 4.69) is 0 Å². The normalized spacial score (nSPS) is 13.6. The van der Waals surface area contributed by atoms with E-state index in [4.69, 9.17) is 9.84 Å². The van der Waals surface area contributed by atoms with Gasteiger partial charge in [-0.25, -0.2) is 8.42 Å². The molecule has 0 radical (unpaired) electrons. The molecule has 0 fully saturated rings. The van der Waals surface area contributed by atoms with Gasteiger partial charge < -0.3 is 14.4 Å². The Morgan fingerprint density at radius 2 is 1.55 bits per heavy atom. The van der Waals surface area contributed by atoms with Crippen LogP contribution in [0.25, 0.3) is 0 Å². The molecule has 0 aliphatic heterocycles. The Labute approximate surface area is 123 Å². The molecule has 0 aliphatic carbocycles. The van der Waals surface area contributed by atoms with Crippen molar-refractivity contribution in [1.82, 2.24) is 0 Å². The van der Waals surface area contributed by atoms with Gasteiger partial charge in [-0.15, -0.1) is 0 Å². The van der Waals surface area contributed by atoms with E-state index in [1.54, 1.807) is 6.92 Å². The van der Waals surface area contributed by atoms with E-state index < -0.39 is 15.4 Å². The summed E-state index contributed by atoms with van der Waals surface area (Å²) >= 11 is 0. The third-order valence-corrected chi connectivity index (χ3v) is 4.80. The summed E-state index contributed by atoms with van der Waals surface area (Å²) in [6.45, 7) is 2.96. The molecule has 1 unspecified atom stereocenters. The molecule has 122 valence electrons. The first-order valence-corrected chi connectivity index (χ1v) is 9.12. The molecule has 0 rings (SSSR count). The van der Waals surface area contributed by atoms with Gasteiger partial charge in [0.25, 0.3) is 0 Å². The smallest absolute Gasteiger partial charge is 0.0975 e. The van der Waals surface area contributed by atoms with Crippen LogP contribution in [0.5, 0.6) is 0 Å². The van der Waals surface area contributed by atoms with Crippen molar-refractivity contribution < 1.29 is 22.8 Å². The number of unbranched alkanes of at least 4 members (excludes halogenated alkanes) is 6. The van der Waals surface area contributed by atoms with Crippen molar-refractivity contribution in [1.29, 1.82) is 0 Å². The van der Waals surface area contributed by atoms with Crippen molar-refractivity contribution in [3.05, 3.63) is 0 Å². The maximum atomic E-state index is 10.9. The fraction of sp³-hybridized carbons (Fsp3) is 1.00. The molecule has 1 atom stereocenters. The molecule has 0 aromatic rings. The van der Waals surface area contributed by atoms with Crippen LogP contribution in [0.2, 0.25) is 0 Å². The average molecular weight is 309 g/mol. The Morgan fingerprint density at radius 1 is 1.00 bits per heavy atom. The number of hydrogen-bond donors (Lipinski definition) is 1. The van der Waals surface area contributed by atoms with Gasteiger partial charge in [0, 0.05) is 11.9 Å². The molecule has 1 N–H and O–H groups in total. The standard InChI is InChI=1S/C14H30O5S/c1-2-14(20(16,17)18)10-8-6-4-3-5-7-9-12-19-13-11-15/h14-15H,2-13H2,1H3,(H,16,17,18)/p-1. The summed E-state index contributed by atoms with van der Waals surface area (Å²) in [6, 6.07) is 0. The molecule has 0 aromatic heterocycles. The van der Waals surface area contributed by atoms with Gasteiger partial charge >= 0.3 is 0 Å². The lowest BCUT2D eigenvalue weighted by atomic mass is 10.1. The molecular weight excluding hydrogens is 280 g/mol. The Bertz CT molecular complexity index is 303. The second kappa shape index (κ2) is 12.6. The topological polar surface area (TPSA) is 86.7 Å². The summed E-state index contributed by atoms with van der Waals surface area (Å²) < 4.78 is 37.8. The van der Waals surface area contributed by atoms with Crippen LogP contribution in [0.4, 0.5) is 0 Å². The highest BCUT2D eigenvalue weighted by atomic mass is 32.2. The quantitative estimate of drug-likeness (QED) is 0.393. The SMILES string of the molecule is CCC(CCCCCCCCCOCCO)S(=O)(=O)[O-]. The van der Waals surface area contributed by atoms with Gasteiger partial charge in [0.15, 0.2) is 0 Å². The van der Waals surface area contributed by atoms with Gasteiger partial charge in [0.1, 0.15) is 0 Å². The van der Waals surface area contributed by atoms with Crippen LogP contribution in [0.1, 0.15) is 64.7 Å². The Morgan fingerprint density at radius 3 is 2.05 bits per heavy atom. The molecular formula is C14H29O5S-. The third-order valence-electron chi connectivity index (χ3n) is 3.41. The van der Waals surface area contributed by atoms with Crippen molar-refractivity contribution in [3.63, 3.8) is 0 Å². The van der Waals surface area contributed by atoms with Crippen molar-refractivity contribution in [2.45, 2.75) is 70.0 Å². The van der Waals surface area contributed by atoms with Gasteiger partial charge in [-0.05, 0) is 19.3 Å². The first kappa shape index (κ1) is 19.8. The second-order valence-electron chi connectivity index (χ2n) is 5.12. The summed E-state index contributed by atoms with van der Waals surface area (Å²) in [6.07, 6.45) is 8.25. The lowest BCUT2D eigenvalue weighted by Gasteiger charge is -2.18. The van der Waals surface area contributed by atoms with Crippen LogP contribution < -0.4 is 0 Å². The zero-order valence-electron chi connectivity index (χ0n) is 12.6. The van der Waals surface area contributed by atoms with Crippen LogP contribution in [0.15, 0.2) is 0 Å². The highest BCUT2D eigenvalue weighted by Crippen LogP contribution is 2.15. The molecule has 0 spiro atoms. The molecule has 0 saturated heterocycles. The molecule has 20 heavy (non-hydrogen) atoms. The molecule has 0 heterocycles. The lowest BCUT2D eigenvalue weighted by molar-refractivity contribution is 0.0895. The van der Waals surface area contributed by atoms with E-state index in [-0.39, 0.29) is 6.61 Å². The number of rotatable bonds is 14. The number of hydrogen-bond acceptors (Lipinski definition) is 5. The maximum absolute atomic E-state index is 10.9. The van der Waals surface area contributed by atoms with Crippen molar-refractivity contribution >= 4 is 10.1 Å². The Kier molecular flexibility index (Phi) is 12.5. The zero-order valence-corrected chi connectivity index (χ0v) is 13.4. The molecule has 0 bridgehead atoms. The molecule has 6 heteroatoms. The van der Waals surface area contributed by atoms with Gasteiger partial charge in [0.05, 0.1) is 23.3 Å². The Balaban J connectivity index is 3.32. The van der Waals surface area contributed by atoms with E-state index in [9.17, 15) is 13.0 Å². The zero-order chi connectivity index (χ0) is 15.3. The predicted molar refractivity (Wildman–Crippen MR) is 78.6 cm³/mol. The molecule has 0 saturated carbocycles. The molecule has 5 nitrogen and oxygen atoms in total. The van der Waals surface area contributed by atoms with Crippen LogP contribution >= 0.6 is 0 Å². The average Bonchev–Trinajstić information content (AvgIpc) is 2.38. The minimum atomic E-state index is -4.11. The first-order chi connectivity index (χ1) is 9.52. The summed E-state index contributed by atoms with van der Waals surface area (Å²) in [4.78, 5) is 0. The van der Waals surface area contributed by atoms with E-state index in [1.807, 2.05) is 0 Å². The summed E-state index contributed by atoms with van der Waals surface area (Å²) in [7, 11) is -4.11. The van der Waals surface area contributed by atoms with Crippen LogP contribution in [0, 0.1) is 0 Å². The van der Waals surface area contributed by atoms with Crippen LogP contribution in [-0.2, 0) is 14.9 Å².